The molecule has 1 spiro atoms. The van der Waals surface area contributed by atoms with Crippen molar-refractivity contribution in [2.75, 3.05) is 0 Å². The van der Waals surface area contributed by atoms with Gasteiger partial charge in [0.25, 0.3) is 0 Å². The first-order chi connectivity index (χ1) is 14.1. The summed E-state index contributed by atoms with van der Waals surface area (Å²) in [5, 5.41) is 3.53. The van der Waals surface area contributed by atoms with Gasteiger partial charge in [-0.1, -0.05) is 24.3 Å². The third kappa shape index (κ3) is 2.91. The molecule has 0 saturated heterocycles. The van der Waals surface area contributed by atoms with Crippen LogP contribution in [0.1, 0.15) is 82.3 Å². The lowest BCUT2D eigenvalue weighted by atomic mass is 9.49. The molecule has 1 heterocycles. The molecular formula is C26H35NO2. The normalized spacial score (nSPS) is 43.3. The zero-order valence-electron chi connectivity index (χ0n) is 17.8. The number of hydrogen-bond donors (Lipinski definition) is 1. The highest BCUT2D eigenvalue weighted by Crippen LogP contribution is 2.60. The monoisotopic (exact) mass is 393 g/mol. The number of rotatable bonds is 3. The second-order valence-corrected chi connectivity index (χ2v) is 11.2. The maximum Gasteiger partial charge on any atom is 0.226 e. The van der Waals surface area contributed by atoms with E-state index in [9.17, 15) is 4.79 Å². The molecule has 1 aromatic rings. The van der Waals surface area contributed by atoms with Crippen molar-refractivity contribution < 1.29 is 9.53 Å². The van der Waals surface area contributed by atoms with Crippen molar-refractivity contribution in [1.82, 2.24) is 5.32 Å². The van der Waals surface area contributed by atoms with E-state index in [1.165, 1.54) is 30.4 Å². The van der Waals surface area contributed by atoms with Crippen molar-refractivity contribution in [3.05, 3.63) is 35.4 Å². The molecular weight excluding hydrogens is 358 g/mol. The van der Waals surface area contributed by atoms with Gasteiger partial charge in [0.1, 0.15) is 0 Å². The van der Waals surface area contributed by atoms with Crippen molar-refractivity contribution in [2.24, 2.45) is 29.1 Å². The van der Waals surface area contributed by atoms with Crippen LogP contribution in [0.15, 0.2) is 24.3 Å². The van der Waals surface area contributed by atoms with E-state index in [0.29, 0.717) is 11.8 Å². The molecule has 7 rings (SSSR count). The zero-order valence-corrected chi connectivity index (χ0v) is 17.8. The molecule has 156 valence electrons. The van der Waals surface area contributed by atoms with Gasteiger partial charge in [0, 0.05) is 11.5 Å². The largest absolute Gasteiger partial charge is 0.366 e. The summed E-state index contributed by atoms with van der Waals surface area (Å²) in [5.74, 6) is 3.46. The van der Waals surface area contributed by atoms with Crippen molar-refractivity contribution in [1.29, 1.82) is 0 Å². The smallest absolute Gasteiger partial charge is 0.226 e. The Hall–Kier alpha value is -1.35. The number of nitrogens with one attached hydrogen (secondary N) is 1. The van der Waals surface area contributed by atoms with E-state index in [2.05, 4.69) is 36.5 Å². The maximum atomic E-state index is 13.4. The summed E-state index contributed by atoms with van der Waals surface area (Å²) in [7, 11) is 0. The molecule has 1 unspecified atom stereocenters. The van der Waals surface area contributed by atoms with Crippen LogP contribution in [0.4, 0.5) is 0 Å². The van der Waals surface area contributed by atoms with Crippen molar-refractivity contribution in [2.45, 2.75) is 89.4 Å². The lowest BCUT2D eigenvalue weighted by Crippen LogP contribution is -2.55. The molecule has 0 radical (unpaired) electrons. The van der Waals surface area contributed by atoms with Gasteiger partial charge in [-0.25, -0.2) is 0 Å². The maximum absolute atomic E-state index is 13.4. The van der Waals surface area contributed by atoms with E-state index in [-0.39, 0.29) is 17.1 Å². The lowest BCUT2D eigenvalue weighted by Gasteiger charge is -2.56. The average molecular weight is 394 g/mol. The summed E-state index contributed by atoms with van der Waals surface area (Å²) in [6.07, 6.45) is 12.2. The molecule has 5 aliphatic carbocycles. The summed E-state index contributed by atoms with van der Waals surface area (Å²) >= 11 is 0. The van der Waals surface area contributed by atoms with E-state index >= 15 is 0 Å². The number of carbonyl (C=O) groups excluding carboxylic acids is 1. The first-order valence-electron chi connectivity index (χ1n) is 12.1. The molecule has 0 aromatic heterocycles. The molecule has 29 heavy (non-hydrogen) atoms. The first kappa shape index (κ1) is 18.4. The van der Waals surface area contributed by atoms with Crippen LogP contribution in [0.5, 0.6) is 0 Å². The average Bonchev–Trinajstić information content (AvgIpc) is 3.06. The highest BCUT2D eigenvalue weighted by atomic mass is 16.5. The fraction of sp³-hybridized carbons (Fsp3) is 0.731. The van der Waals surface area contributed by atoms with E-state index in [1.807, 2.05) is 0 Å². The fourth-order valence-corrected chi connectivity index (χ4v) is 8.27. The van der Waals surface area contributed by atoms with Gasteiger partial charge in [0.15, 0.2) is 0 Å². The Bertz CT molecular complexity index is 771. The van der Waals surface area contributed by atoms with Gasteiger partial charge in [0.2, 0.25) is 5.91 Å². The van der Waals surface area contributed by atoms with Crippen molar-refractivity contribution in [3.8, 4) is 0 Å². The predicted molar refractivity (Wildman–Crippen MR) is 113 cm³/mol. The van der Waals surface area contributed by atoms with Gasteiger partial charge in [-0.3, -0.25) is 4.79 Å². The molecule has 4 bridgehead atoms. The van der Waals surface area contributed by atoms with Crippen LogP contribution in [0, 0.1) is 29.1 Å². The Balaban J connectivity index is 1.10. The van der Waals surface area contributed by atoms with Crippen molar-refractivity contribution in [3.63, 3.8) is 0 Å². The lowest BCUT2D eigenvalue weighted by molar-refractivity contribution is -0.147. The zero-order chi connectivity index (χ0) is 19.6. The molecule has 1 aliphatic heterocycles. The van der Waals surface area contributed by atoms with Gasteiger partial charge in [-0.15, -0.1) is 0 Å². The van der Waals surface area contributed by atoms with E-state index in [1.54, 1.807) is 0 Å². The van der Waals surface area contributed by atoms with Gasteiger partial charge in [-0.05, 0) is 106 Å². The van der Waals surface area contributed by atoms with Gasteiger partial charge < -0.3 is 10.1 Å². The SMILES string of the molecule is CC(NC(=O)C12CC3CC(CC(C3)C1)C2)[C@H]1CC[C@]2(CC1)OCc1ccccc12. The topological polar surface area (TPSA) is 38.3 Å². The standard InChI is InChI=1S/C26H35NO2/c1-17(27-24(28)25-13-18-10-19(14-25)12-20(11-18)15-25)21-6-8-26(9-7-21)23-5-3-2-4-22(23)16-29-26/h2-5,17-21H,6-16H2,1H3,(H,27,28)/t17?,18?,19?,20?,21-,25?,26+. The second-order valence-electron chi connectivity index (χ2n) is 11.2. The summed E-state index contributed by atoms with van der Waals surface area (Å²) in [5.41, 5.74) is 2.71. The number of ether oxygens (including phenoxy) is 1. The first-order valence-corrected chi connectivity index (χ1v) is 12.1. The minimum atomic E-state index is -0.0588. The Morgan fingerprint density at radius 1 is 1.03 bits per heavy atom. The van der Waals surface area contributed by atoms with Crippen LogP contribution in [-0.2, 0) is 21.7 Å². The van der Waals surface area contributed by atoms with Crippen molar-refractivity contribution >= 4 is 5.91 Å². The minimum Gasteiger partial charge on any atom is -0.366 e. The molecule has 1 aromatic carbocycles. The van der Waals surface area contributed by atoms with Crippen LogP contribution >= 0.6 is 0 Å². The van der Waals surface area contributed by atoms with Gasteiger partial charge in [-0.2, -0.15) is 0 Å². The second kappa shape index (κ2) is 6.57. The highest BCUT2D eigenvalue weighted by molar-refractivity contribution is 5.83. The number of hydrogen-bond acceptors (Lipinski definition) is 2. The van der Waals surface area contributed by atoms with Crippen LogP contribution < -0.4 is 5.32 Å². The Morgan fingerprint density at radius 3 is 2.31 bits per heavy atom. The molecule has 1 atom stereocenters. The van der Waals surface area contributed by atoms with E-state index in [4.69, 9.17) is 4.74 Å². The van der Waals surface area contributed by atoms with Crippen LogP contribution in [0.3, 0.4) is 0 Å². The summed E-state index contributed by atoms with van der Waals surface area (Å²) in [4.78, 5) is 13.4. The number of fused-ring (bicyclic) bond motifs is 2. The molecule has 1 amide bonds. The van der Waals surface area contributed by atoms with Crippen LogP contribution in [0.25, 0.3) is 0 Å². The molecule has 6 aliphatic rings. The van der Waals surface area contributed by atoms with E-state index < -0.39 is 0 Å². The minimum absolute atomic E-state index is 0.0214. The summed E-state index contributed by atoms with van der Waals surface area (Å²) < 4.78 is 6.34. The van der Waals surface area contributed by atoms with E-state index in [0.717, 1.165) is 69.3 Å². The quantitative estimate of drug-likeness (QED) is 0.754. The third-order valence-electron chi connectivity index (χ3n) is 9.44. The summed E-state index contributed by atoms with van der Waals surface area (Å²) in [6, 6.07) is 9.03. The molecule has 1 N–H and O–H groups in total. The van der Waals surface area contributed by atoms with Gasteiger partial charge in [0.05, 0.1) is 12.2 Å². The fourth-order valence-electron chi connectivity index (χ4n) is 8.27. The van der Waals surface area contributed by atoms with Crippen LogP contribution in [0.2, 0.25) is 0 Å². The number of carbonyl (C=O) groups is 1. The Morgan fingerprint density at radius 2 is 1.66 bits per heavy atom. The predicted octanol–water partition coefficient (Wildman–Crippen LogP) is 5.32. The summed E-state index contributed by atoms with van der Waals surface area (Å²) in [6.45, 7) is 3.02. The molecule has 5 fully saturated rings. The number of benzene rings is 1. The Labute approximate surface area is 175 Å². The van der Waals surface area contributed by atoms with Crippen LogP contribution in [-0.4, -0.2) is 11.9 Å². The molecule has 5 saturated carbocycles. The number of amides is 1. The molecule has 3 heteroatoms. The Kier molecular flexibility index (Phi) is 4.18. The molecule has 3 nitrogen and oxygen atoms in total. The van der Waals surface area contributed by atoms with Gasteiger partial charge >= 0.3 is 0 Å². The third-order valence-corrected chi connectivity index (χ3v) is 9.44. The highest BCUT2D eigenvalue weighted by Gasteiger charge is 2.55.